The molecule has 1 saturated heterocycles. The number of hydrogen-bond donors (Lipinski definition) is 1. The Morgan fingerprint density at radius 3 is 2.29 bits per heavy atom. The number of piperazine rings is 1. The van der Waals surface area contributed by atoms with Crippen molar-refractivity contribution in [3.05, 3.63) is 6.42 Å². The molecule has 1 radical (unpaired) electrons. The molecule has 0 bridgehead atoms. The minimum Gasteiger partial charge on any atom is -0.361 e. The predicted octanol–water partition coefficient (Wildman–Crippen LogP) is -1.16. The number of nitrogens with two attached hydrogens (primary N) is 1. The molecule has 1 aliphatic rings. The standard InChI is InChI=1S/C9H16N3O2/c1-2-3-11-4-6-12(7-5-11)9(14)8(10)13/h2H,3-7H2,1H3,(H2,10,13). The molecule has 0 aliphatic carbocycles. The van der Waals surface area contributed by atoms with Gasteiger partial charge in [0, 0.05) is 32.7 Å². The molecular formula is C9H16N3O2. The van der Waals surface area contributed by atoms with E-state index in [2.05, 4.69) is 11.3 Å². The highest BCUT2D eigenvalue weighted by Gasteiger charge is 2.23. The second kappa shape index (κ2) is 4.95. The Hall–Kier alpha value is -1.10. The van der Waals surface area contributed by atoms with E-state index in [0.717, 1.165) is 19.6 Å². The number of rotatable bonds is 2. The van der Waals surface area contributed by atoms with E-state index in [0.29, 0.717) is 13.1 Å². The molecule has 14 heavy (non-hydrogen) atoms. The second-order valence-electron chi connectivity index (χ2n) is 3.37. The van der Waals surface area contributed by atoms with Crippen LogP contribution in [-0.2, 0) is 9.59 Å². The van der Waals surface area contributed by atoms with Crippen LogP contribution >= 0.6 is 0 Å². The Morgan fingerprint density at radius 1 is 1.29 bits per heavy atom. The molecule has 0 aromatic rings. The van der Waals surface area contributed by atoms with Crippen LogP contribution in [0.15, 0.2) is 0 Å². The molecule has 0 aromatic heterocycles. The molecule has 0 spiro atoms. The first kappa shape index (κ1) is 11.0. The first-order valence-electron chi connectivity index (χ1n) is 4.74. The summed E-state index contributed by atoms with van der Waals surface area (Å²) in [6, 6.07) is 0. The molecule has 79 valence electrons. The van der Waals surface area contributed by atoms with Gasteiger partial charge in [0.2, 0.25) is 0 Å². The summed E-state index contributed by atoms with van der Waals surface area (Å²) in [6.07, 6.45) is 2.07. The summed E-state index contributed by atoms with van der Waals surface area (Å²) >= 11 is 0. The van der Waals surface area contributed by atoms with Crippen molar-refractivity contribution >= 4 is 11.8 Å². The van der Waals surface area contributed by atoms with E-state index in [4.69, 9.17) is 5.73 Å². The van der Waals surface area contributed by atoms with Gasteiger partial charge in [-0.2, -0.15) is 0 Å². The molecule has 0 unspecified atom stereocenters. The Labute approximate surface area is 83.8 Å². The van der Waals surface area contributed by atoms with Crippen LogP contribution in [0.5, 0.6) is 0 Å². The van der Waals surface area contributed by atoms with Crippen LogP contribution in [0, 0.1) is 6.42 Å². The Balaban J connectivity index is 2.35. The third-order valence-electron chi connectivity index (χ3n) is 2.31. The lowest BCUT2D eigenvalue weighted by Gasteiger charge is -2.33. The average Bonchev–Trinajstić information content (AvgIpc) is 2.18. The summed E-state index contributed by atoms with van der Waals surface area (Å²) in [7, 11) is 0. The maximum absolute atomic E-state index is 11.2. The number of nitrogens with zero attached hydrogens (tertiary/aromatic N) is 2. The van der Waals surface area contributed by atoms with Crippen molar-refractivity contribution in [2.24, 2.45) is 5.73 Å². The second-order valence-corrected chi connectivity index (χ2v) is 3.37. The van der Waals surface area contributed by atoms with Crippen LogP contribution < -0.4 is 5.73 Å². The van der Waals surface area contributed by atoms with Gasteiger partial charge in [-0.05, 0) is 6.42 Å². The SMILES string of the molecule is C[CH]CN1CCN(C(=O)C(N)=O)CC1. The van der Waals surface area contributed by atoms with Crippen LogP contribution in [0.4, 0.5) is 0 Å². The largest absolute Gasteiger partial charge is 0.361 e. The van der Waals surface area contributed by atoms with E-state index in [1.54, 1.807) is 0 Å². The zero-order valence-corrected chi connectivity index (χ0v) is 8.40. The maximum Gasteiger partial charge on any atom is 0.311 e. The van der Waals surface area contributed by atoms with Crippen molar-refractivity contribution < 1.29 is 9.59 Å². The van der Waals surface area contributed by atoms with Gasteiger partial charge >= 0.3 is 11.8 Å². The first-order valence-corrected chi connectivity index (χ1v) is 4.74. The average molecular weight is 198 g/mol. The van der Waals surface area contributed by atoms with Gasteiger partial charge < -0.3 is 10.6 Å². The minimum absolute atomic E-state index is 0.565. The fraction of sp³-hybridized carbons (Fsp3) is 0.667. The minimum atomic E-state index is -0.861. The third-order valence-corrected chi connectivity index (χ3v) is 2.31. The summed E-state index contributed by atoms with van der Waals surface area (Å²) < 4.78 is 0. The highest BCUT2D eigenvalue weighted by molar-refractivity contribution is 6.34. The van der Waals surface area contributed by atoms with Gasteiger partial charge in [0.25, 0.3) is 0 Å². The molecule has 0 saturated carbocycles. The topological polar surface area (TPSA) is 66.6 Å². The Kier molecular flexibility index (Phi) is 3.88. The molecule has 0 aromatic carbocycles. The van der Waals surface area contributed by atoms with Gasteiger partial charge in [-0.1, -0.05) is 6.92 Å². The van der Waals surface area contributed by atoms with Crippen LogP contribution in [0.1, 0.15) is 6.92 Å². The number of carbonyl (C=O) groups is 2. The van der Waals surface area contributed by atoms with Crippen LogP contribution in [0.2, 0.25) is 0 Å². The van der Waals surface area contributed by atoms with Gasteiger partial charge in [0.05, 0.1) is 0 Å². The molecule has 5 nitrogen and oxygen atoms in total. The lowest BCUT2D eigenvalue weighted by molar-refractivity contribution is -0.145. The monoisotopic (exact) mass is 198 g/mol. The van der Waals surface area contributed by atoms with Crippen LogP contribution in [-0.4, -0.2) is 54.3 Å². The van der Waals surface area contributed by atoms with Gasteiger partial charge in [0.15, 0.2) is 0 Å². The fourth-order valence-corrected chi connectivity index (χ4v) is 1.55. The summed E-state index contributed by atoms with van der Waals surface area (Å²) in [5.41, 5.74) is 4.91. The summed E-state index contributed by atoms with van der Waals surface area (Å²) in [4.78, 5) is 25.5. The predicted molar refractivity (Wildman–Crippen MR) is 52.2 cm³/mol. The van der Waals surface area contributed by atoms with Crippen molar-refractivity contribution in [3.8, 4) is 0 Å². The zero-order chi connectivity index (χ0) is 10.6. The molecule has 1 heterocycles. The zero-order valence-electron chi connectivity index (χ0n) is 8.40. The number of amides is 2. The van der Waals surface area contributed by atoms with E-state index >= 15 is 0 Å². The quantitative estimate of drug-likeness (QED) is 0.569. The van der Waals surface area contributed by atoms with Gasteiger partial charge in [0.1, 0.15) is 0 Å². The van der Waals surface area contributed by atoms with Crippen molar-refractivity contribution in [1.29, 1.82) is 0 Å². The molecule has 0 atom stereocenters. The molecular weight excluding hydrogens is 182 g/mol. The molecule has 1 fully saturated rings. The van der Waals surface area contributed by atoms with Crippen LogP contribution in [0.3, 0.4) is 0 Å². The van der Waals surface area contributed by atoms with E-state index in [9.17, 15) is 9.59 Å². The van der Waals surface area contributed by atoms with Crippen LogP contribution in [0.25, 0.3) is 0 Å². The smallest absolute Gasteiger partial charge is 0.311 e. The number of carbonyl (C=O) groups excluding carboxylic acids is 2. The van der Waals surface area contributed by atoms with E-state index in [1.165, 1.54) is 4.90 Å². The van der Waals surface area contributed by atoms with Crippen molar-refractivity contribution in [2.75, 3.05) is 32.7 Å². The Bertz CT molecular complexity index is 222. The van der Waals surface area contributed by atoms with Crippen molar-refractivity contribution in [2.45, 2.75) is 6.92 Å². The lowest BCUT2D eigenvalue weighted by atomic mass is 10.3. The molecule has 2 amide bonds. The lowest BCUT2D eigenvalue weighted by Crippen LogP contribution is -2.51. The van der Waals surface area contributed by atoms with Gasteiger partial charge in [-0.3, -0.25) is 14.5 Å². The van der Waals surface area contributed by atoms with E-state index in [-0.39, 0.29) is 0 Å². The third kappa shape index (κ3) is 2.70. The molecule has 1 rings (SSSR count). The summed E-state index contributed by atoms with van der Waals surface area (Å²) in [5.74, 6) is -1.43. The normalized spacial score (nSPS) is 18.2. The van der Waals surface area contributed by atoms with Gasteiger partial charge in [-0.25, -0.2) is 0 Å². The number of hydrogen-bond acceptors (Lipinski definition) is 3. The van der Waals surface area contributed by atoms with Gasteiger partial charge in [-0.15, -0.1) is 0 Å². The van der Waals surface area contributed by atoms with E-state index < -0.39 is 11.8 Å². The first-order chi connectivity index (χ1) is 6.65. The number of primary amides is 1. The van der Waals surface area contributed by atoms with Crippen molar-refractivity contribution in [1.82, 2.24) is 9.80 Å². The maximum atomic E-state index is 11.2. The Morgan fingerprint density at radius 2 is 1.86 bits per heavy atom. The molecule has 2 N–H and O–H groups in total. The molecule has 5 heteroatoms. The van der Waals surface area contributed by atoms with E-state index in [1.807, 2.05) is 6.92 Å². The fourth-order valence-electron chi connectivity index (χ4n) is 1.55. The highest BCUT2D eigenvalue weighted by atomic mass is 16.2. The summed E-state index contributed by atoms with van der Waals surface area (Å²) in [5, 5.41) is 0. The molecule has 1 aliphatic heterocycles. The summed E-state index contributed by atoms with van der Waals surface area (Å²) in [6.45, 7) is 5.73. The van der Waals surface area contributed by atoms with Crippen molar-refractivity contribution in [3.63, 3.8) is 0 Å². The highest BCUT2D eigenvalue weighted by Crippen LogP contribution is 2.02.